The van der Waals surface area contributed by atoms with Gasteiger partial charge in [0.1, 0.15) is 12.4 Å². The lowest BCUT2D eigenvalue weighted by Crippen LogP contribution is -2.51. The number of ether oxygens (including phenoxy) is 1. The minimum absolute atomic E-state index is 0.0895. The molecule has 1 heterocycles. The van der Waals surface area contributed by atoms with Crippen molar-refractivity contribution in [1.29, 1.82) is 0 Å². The third-order valence-corrected chi connectivity index (χ3v) is 3.40. The fraction of sp³-hybridized carbons (Fsp3) is 0.571. The van der Waals surface area contributed by atoms with Crippen molar-refractivity contribution in [3.63, 3.8) is 0 Å². The molecule has 1 aromatic rings. The van der Waals surface area contributed by atoms with Crippen LogP contribution in [0.2, 0.25) is 0 Å². The Balaban J connectivity index is 1.88. The fourth-order valence-electron chi connectivity index (χ4n) is 2.23. The topological polar surface area (TPSA) is 44.7 Å². The van der Waals surface area contributed by atoms with E-state index >= 15 is 0 Å². The minimum atomic E-state index is 0.0895. The van der Waals surface area contributed by atoms with Crippen molar-refractivity contribution in [1.82, 2.24) is 10.2 Å². The Morgan fingerprint density at radius 2 is 2.06 bits per heavy atom. The highest BCUT2D eigenvalue weighted by Gasteiger charge is 2.20. The molecule has 1 aromatic carbocycles. The first-order valence-corrected chi connectivity index (χ1v) is 6.55. The van der Waals surface area contributed by atoms with Gasteiger partial charge in [-0.25, -0.2) is 0 Å². The molecule has 0 saturated carbocycles. The van der Waals surface area contributed by atoms with E-state index in [-0.39, 0.29) is 12.6 Å². The van der Waals surface area contributed by atoms with Crippen molar-refractivity contribution < 1.29 is 9.84 Å². The molecule has 0 amide bonds. The smallest absolute Gasteiger partial charge is 0.122 e. The monoisotopic (exact) mass is 250 g/mol. The molecule has 1 fully saturated rings. The van der Waals surface area contributed by atoms with Crippen molar-refractivity contribution in [3.05, 3.63) is 29.8 Å². The summed E-state index contributed by atoms with van der Waals surface area (Å²) in [7, 11) is 0. The number of aryl methyl sites for hydroxylation is 1. The zero-order valence-electron chi connectivity index (χ0n) is 10.9. The van der Waals surface area contributed by atoms with E-state index in [4.69, 9.17) is 4.74 Å². The SMILES string of the molecule is Cc1ccccc1OCC(CO)N1CCNCC1. The van der Waals surface area contributed by atoms with Crippen LogP contribution in [0.15, 0.2) is 24.3 Å². The molecular formula is C14H22N2O2. The van der Waals surface area contributed by atoms with Crippen LogP contribution in [-0.2, 0) is 0 Å². The zero-order valence-corrected chi connectivity index (χ0v) is 10.9. The normalized spacial score (nSPS) is 18.6. The summed E-state index contributed by atoms with van der Waals surface area (Å²) in [5, 5.41) is 12.8. The van der Waals surface area contributed by atoms with Gasteiger partial charge in [-0.15, -0.1) is 0 Å². The van der Waals surface area contributed by atoms with E-state index in [1.165, 1.54) is 0 Å². The van der Waals surface area contributed by atoms with Crippen molar-refractivity contribution in [2.24, 2.45) is 0 Å². The van der Waals surface area contributed by atoms with Crippen molar-refractivity contribution in [2.45, 2.75) is 13.0 Å². The lowest BCUT2D eigenvalue weighted by atomic mass is 10.2. The van der Waals surface area contributed by atoms with Crippen LogP contribution < -0.4 is 10.1 Å². The summed E-state index contributed by atoms with van der Waals surface area (Å²) in [6.07, 6.45) is 0. The number of benzene rings is 1. The Labute approximate surface area is 109 Å². The molecule has 1 aliphatic rings. The number of hydrogen-bond acceptors (Lipinski definition) is 4. The Hall–Kier alpha value is -1.10. The highest BCUT2D eigenvalue weighted by Crippen LogP contribution is 2.17. The van der Waals surface area contributed by atoms with Gasteiger partial charge in [-0.3, -0.25) is 4.90 Å². The van der Waals surface area contributed by atoms with Crippen LogP contribution in [0.5, 0.6) is 5.75 Å². The molecule has 1 saturated heterocycles. The van der Waals surface area contributed by atoms with Crippen molar-refractivity contribution >= 4 is 0 Å². The summed E-state index contributed by atoms with van der Waals surface area (Å²) in [5.41, 5.74) is 1.13. The second kappa shape index (κ2) is 6.73. The number of aliphatic hydroxyl groups excluding tert-OH is 1. The Morgan fingerprint density at radius 1 is 1.33 bits per heavy atom. The average molecular weight is 250 g/mol. The van der Waals surface area contributed by atoms with Gasteiger partial charge in [0.05, 0.1) is 12.6 Å². The molecule has 4 nitrogen and oxygen atoms in total. The van der Waals surface area contributed by atoms with E-state index < -0.39 is 0 Å². The first kappa shape index (κ1) is 13.3. The first-order valence-electron chi connectivity index (χ1n) is 6.55. The number of nitrogens with one attached hydrogen (secondary N) is 1. The molecule has 4 heteroatoms. The summed E-state index contributed by atoms with van der Waals surface area (Å²) in [4.78, 5) is 2.29. The van der Waals surface area contributed by atoms with E-state index in [1.807, 2.05) is 31.2 Å². The molecule has 0 aliphatic carbocycles. The fourth-order valence-corrected chi connectivity index (χ4v) is 2.23. The van der Waals surface area contributed by atoms with E-state index in [0.717, 1.165) is 37.5 Å². The molecule has 18 heavy (non-hydrogen) atoms. The van der Waals surface area contributed by atoms with Gasteiger partial charge in [0, 0.05) is 26.2 Å². The molecule has 2 N–H and O–H groups in total. The third-order valence-electron chi connectivity index (χ3n) is 3.40. The number of hydrogen-bond donors (Lipinski definition) is 2. The van der Waals surface area contributed by atoms with Crippen molar-refractivity contribution in [3.8, 4) is 5.75 Å². The lowest BCUT2D eigenvalue weighted by molar-refractivity contribution is 0.0732. The molecule has 1 atom stereocenters. The number of aliphatic hydroxyl groups is 1. The van der Waals surface area contributed by atoms with E-state index in [1.54, 1.807) is 0 Å². The van der Waals surface area contributed by atoms with E-state index in [2.05, 4.69) is 10.2 Å². The van der Waals surface area contributed by atoms with E-state index in [0.29, 0.717) is 6.61 Å². The predicted octanol–water partition coefficient (Wildman–Crippen LogP) is 0.640. The zero-order chi connectivity index (χ0) is 12.8. The van der Waals surface area contributed by atoms with Crippen LogP contribution in [0.1, 0.15) is 5.56 Å². The highest BCUT2D eigenvalue weighted by atomic mass is 16.5. The summed E-state index contributed by atoms with van der Waals surface area (Å²) in [6.45, 7) is 6.65. The molecule has 1 unspecified atom stereocenters. The summed E-state index contributed by atoms with van der Waals surface area (Å²) < 4.78 is 5.82. The molecule has 0 radical (unpaired) electrons. The summed E-state index contributed by atoms with van der Waals surface area (Å²) in [6, 6.07) is 8.07. The van der Waals surface area contributed by atoms with Crippen LogP contribution in [0.4, 0.5) is 0 Å². The van der Waals surface area contributed by atoms with E-state index in [9.17, 15) is 5.11 Å². The van der Waals surface area contributed by atoms with Crippen LogP contribution in [0, 0.1) is 6.92 Å². The van der Waals surface area contributed by atoms with Gasteiger partial charge in [-0.2, -0.15) is 0 Å². The molecular weight excluding hydrogens is 228 g/mol. The van der Waals surface area contributed by atoms with Crippen molar-refractivity contribution in [2.75, 3.05) is 39.4 Å². The maximum absolute atomic E-state index is 9.48. The summed E-state index contributed by atoms with van der Waals surface area (Å²) in [5.74, 6) is 0.908. The van der Waals surface area contributed by atoms with Gasteiger partial charge < -0.3 is 15.2 Å². The van der Waals surface area contributed by atoms with Gasteiger partial charge >= 0.3 is 0 Å². The average Bonchev–Trinajstić information content (AvgIpc) is 2.42. The maximum atomic E-state index is 9.48. The molecule has 1 aliphatic heterocycles. The van der Waals surface area contributed by atoms with Crippen LogP contribution in [0.3, 0.4) is 0 Å². The number of rotatable bonds is 5. The summed E-state index contributed by atoms with van der Waals surface area (Å²) >= 11 is 0. The number of para-hydroxylation sites is 1. The standard InChI is InChI=1S/C14H22N2O2/c1-12-4-2-3-5-14(12)18-11-13(10-17)16-8-6-15-7-9-16/h2-5,13,15,17H,6-11H2,1H3. The Bertz CT molecular complexity index is 365. The Kier molecular flexibility index (Phi) is 4.99. The first-order chi connectivity index (χ1) is 8.81. The van der Waals surface area contributed by atoms with Crippen LogP contribution in [-0.4, -0.2) is 55.4 Å². The quantitative estimate of drug-likeness (QED) is 0.805. The van der Waals surface area contributed by atoms with Gasteiger partial charge in [0.15, 0.2) is 0 Å². The van der Waals surface area contributed by atoms with Crippen LogP contribution >= 0.6 is 0 Å². The highest BCUT2D eigenvalue weighted by molar-refractivity contribution is 5.31. The maximum Gasteiger partial charge on any atom is 0.122 e. The molecule has 0 spiro atoms. The van der Waals surface area contributed by atoms with Gasteiger partial charge in [-0.1, -0.05) is 18.2 Å². The second-order valence-corrected chi connectivity index (χ2v) is 4.70. The molecule has 0 bridgehead atoms. The van der Waals surface area contributed by atoms with Gasteiger partial charge in [0.2, 0.25) is 0 Å². The van der Waals surface area contributed by atoms with Crippen LogP contribution in [0.25, 0.3) is 0 Å². The largest absolute Gasteiger partial charge is 0.492 e. The molecule has 0 aromatic heterocycles. The molecule has 100 valence electrons. The Morgan fingerprint density at radius 3 is 2.72 bits per heavy atom. The lowest BCUT2D eigenvalue weighted by Gasteiger charge is -2.33. The second-order valence-electron chi connectivity index (χ2n) is 4.70. The number of nitrogens with zero attached hydrogens (tertiary/aromatic N) is 1. The minimum Gasteiger partial charge on any atom is -0.492 e. The van der Waals surface area contributed by atoms with Gasteiger partial charge in [-0.05, 0) is 18.6 Å². The van der Waals surface area contributed by atoms with Gasteiger partial charge in [0.25, 0.3) is 0 Å². The third kappa shape index (κ3) is 3.45. The number of piperazine rings is 1. The molecule has 2 rings (SSSR count). The predicted molar refractivity (Wildman–Crippen MR) is 72.0 cm³/mol.